The Labute approximate surface area is 316 Å². The number of amides is 3. The predicted molar refractivity (Wildman–Crippen MR) is 196 cm³/mol. The molecule has 0 radical (unpaired) electrons. The first kappa shape index (κ1) is 37.9. The van der Waals surface area contributed by atoms with Crippen LogP contribution in [0.5, 0.6) is 5.88 Å². The molecule has 2 aromatic carbocycles. The number of halogens is 3. The smallest absolute Gasteiger partial charge is 0.259 e. The molecule has 2 aliphatic heterocycles. The van der Waals surface area contributed by atoms with Crippen molar-refractivity contribution in [2.24, 2.45) is 11.7 Å². The van der Waals surface area contributed by atoms with Gasteiger partial charge in [0.05, 0.1) is 28.9 Å². The number of sulfonamides is 1. The standard InChI is InChI=1S/C37H40F2N6O7S.ClH/c38-36(39)15-7-1-2-9-25(40)34(47)45-20-23(17-28(45)32(46)43-37(19-22(37)18-36)35(48)44-53(49,50)24-13-14-24)51-33-31(41-26-10-4-5-11-27(26)42-33)30-16-21-8-3-6-12-29(21)52-30;/h3-6,8,10-12,16,22-25,28H,1-2,7,9,13-15,17-20,40H2,(H,43,46)(H,44,48);1H/t22-,23-,25+,28+,37-;/m1./s1. The van der Waals surface area contributed by atoms with Gasteiger partial charge in [0.25, 0.3) is 5.91 Å². The molecule has 4 aliphatic rings. The zero-order valence-electron chi connectivity index (χ0n) is 29.2. The number of furan rings is 1. The van der Waals surface area contributed by atoms with Crippen LogP contribution in [0.4, 0.5) is 8.78 Å². The van der Waals surface area contributed by atoms with E-state index in [0.717, 1.165) is 5.39 Å². The SMILES string of the molecule is Cl.N[C@H]1CCCCCC(F)(F)C[C@@H]2C[C@@]2(C(=O)NS(=O)(=O)C2CC2)NC(=O)[C@@H]2C[C@@H](Oc3nc4ccccc4nc3-c3cc4ccccc4o3)CN2C1=O. The molecule has 4 aromatic rings. The summed E-state index contributed by atoms with van der Waals surface area (Å²) in [6, 6.07) is 14.3. The number of carbonyl (C=O) groups excluding carboxylic acids is 3. The van der Waals surface area contributed by atoms with Crippen molar-refractivity contribution in [1.82, 2.24) is 24.9 Å². The summed E-state index contributed by atoms with van der Waals surface area (Å²) in [6.07, 6.45) is -0.196. The van der Waals surface area contributed by atoms with Crippen LogP contribution in [0.3, 0.4) is 0 Å². The largest absolute Gasteiger partial charge is 0.471 e. The van der Waals surface area contributed by atoms with Crippen molar-refractivity contribution in [2.75, 3.05) is 6.54 Å². The molecule has 0 unspecified atom stereocenters. The normalized spacial score (nSPS) is 27.5. The first-order chi connectivity index (χ1) is 25.3. The fraction of sp³-hybridized carbons (Fsp3) is 0.486. The van der Waals surface area contributed by atoms with E-state index >= 15 is 8.78 Å². The van der Waals surface area contributed by atoms with Crippen LogP contribution in [0, 0.1) is 5.92 Å². The van der Waals surface area contributed by atoms with Crippen molar-refractivity contribution in [3.8, 4) is 17.3 Å². The van der Waals surface area contributed by atoms with Crippen molar-refractivity contribution >= 4 is 62.2 Å². The fourth-order valence-corrected chi connectivity index (χ4v) is 8.99. The molecule has 5 atom stereocenters. The zero-order valence-corrected chi connectivity index (χ0v) is 30.8. The Morgan fingerprint density at radius 1 is 1.00 bits per heavy atom. The van der Waals surface area contributed by atoms with Crippen LogP contribution in [-0.4, -0.2) is 82.5 Å². The van der Waals surface area contributed by atoms with Crippen LogP contribution < -0.4 is 20.5 Å². The van der Waals surface area contributed by atoms with E-state index in [1.54, 1.807) is 18.2 Å². The third kappa shape index (κ3) is 7.47. The van der Waals surface area contributed by atoms with Gasteiger partial charge >= 0.3 is 0 Å². The van der Waals surface area contributed by atoms with Gasteiger partial charge in [0.15, 0.2) is 11.5 Å². The number of rotatable bonds is 6. The number of hydrogen-bond donors (Lipinski definition) is 3. The molecule has 0 bridgehead atoms. The number of carbonyl (C=O) groups is 3. The number of para-hydroxylation sites is 3. The summed E-state index contributed by atoms with van der Waals surface area (Å²) >= 11 is 0. The van der Waals surface area contributed by atoms with Gasteiger partial charge in [-0.3, -0.25) is 19.1 Å². The molecule has 4 heterocycles. The summed E-state index contributed by atoms with van der Waals surface area (Å²) in [6.45, 7) is -0.0740. The van der Waals surface area contributed by atoms with Crippen LogP contribution in [-0.2, 0) is 24.4 Å². The van der Waals surface area contributed by atoms with Crippen LogP contribution >= 0.6 is 12.4 Å². The first-order valence-corrected chi connectivity index (χ1v) is 19.6. The molecule has 54 heavy (non-hydrogen) atoms. The Morgan fingerprint density at radius 3 is 2.46 bits per heavy atom. The Morgan fingerprint density at radius 2 is 1.72 bits per heavy atom. The van der Waals surface area contributed by atoms with Crippen LogP contribution in [0.15, 0.2) is 59.0 Å². The number of fused-ring (bicyclic) bond motifs is 4. The lowest BCUT2D eigenvalue weighted by atomic mass is 10.0. The molecule has 2 saturated carbocycles. The Kier molecular flexibility index (Phi) is 10.1. The molecular formula is C37H41ClF2N6O7S. The molecule has 4 fully saturated rings. The van der Waals surface area contributed by atoms with Gasteiger partial charge in [0, 0.05) is 24.6 Å². The highest BCUT2D eigenvalue weighted by Gasteiger charge is 2.65. The molecule has 8 rings (SSSR count). The maximum atomic E-state index is 15.2. The maximum absolute atomic E-state index is 15.2. The van der Waals surface area contributed by atoms with E-state index in [9.17, 15) is 22.8 Å². The molecule has 2 saturated heterocycles. The van der Waals surface area contributed by atoms with Crippen molar-refractivity contribution in [2.45, 2.75) is 99.1 Å². The molecule has 2 aromatic heterocycles. The Bertz CT molecular complexity index is 2190. The van der Waals surface area contributed by atoms with E-state index < -0.39 is 81.4 Å². The number of nitrogens with one attached hydrogen (secondary N) is 2. The van der Waals surface area contributed by atoms with Crippen LogP contribution in [0.1, 0.15) is 64.2 Å². The molecular weight excluding hydrogens is 746 g/mol. The second-order valence-corrected chi connectivity index (χ2v) is 16.8. The monoisotopic (exact) mass is 786 g/mol. The lowest BCUT2D eigenvalue weighted by Crippen LogP contribution is -2.58. The zero-order chi connectivity index (χ0) is 37.1. The van der Waals surface area contributed by atoms with E-state index in [4.69, 9.17) is 24.9 Å². The number of ether oxygens (including phenoxy) is 1. The number of alkyl halides is 2. The second kappa shape index (κ2) is 14.3. The van der Waals surface area contributed by atoms with E-state index in [-0.39, 0.29) is 50.5 Å². The Hall–Kier alpha value is -4.41. The topological polar surface area (TPSA) is 187 Å². The minimum Gasteiger partial charge on any atom is -0.471 e. The van der Waals surface area contributed by atoms with E-state index in [1.165, 1.54) is 4.90 Å². The summed E-state index contributed by atoms with van der Waals surface area (Å²) in [7, 11) is -4.05. The number of benzene rings is 2. The summed E-state index contributed by atoms with van der Waals surface area (Å²) in [5, 5.41) is 2.73. The molecule has 0 spiro atoms. The highest BCUT2D eigenvalue weighted by molar-refractivity contribution is 7.91. The van der Waals surface area contributed by atoms with E-state index in [2.05, 4.69) is 5.32 Å². The van der Waals surface area contributed by atoms with Gasteiger partial charge in [-0.1, -0.05) is 43.2 Å². The second-order valence-electron chi connectivity index (χ2n) is 14.8. The average Bonchev–Trinajstić information content (AvgIpc) is 4.00. The van der Waals surface area contributed by atoms with Gasteiger partial charge in [-0.2, -0.15) is 0 Å². The number of hydrogen-bond acceptors (Lipinski definition) is 10. The van der Waals surface area contributed by atoms with Gasteiger partial charge in [-0.15, -0.1) is 12.4 Å². The number of aromatic nitrogens is 2. The van der Waals surface area contributed by atoms with Crippen LogP contribution in [0.2, 0.25) is 0 Å². The van der Waals surface area contributed by atoms with Crippen molar-refractivity contribution in [3.05, 3.63) is 54.6 Å². The highest BCUT2D eigenvalue weighted by Crippen LogP contribution is 2.51. The summed E-state index contributed by atoms with van der Waals surface area (Å²) in [5.41, 5.74) is 6.52. The molecule has 4 N–H and O–H groups in total. The minimum absolute atomic E-state index is 0. The van der Waals surface area contributed by atoms with Crippen molar-refractivity contribution < 1.29 is 40.7 Å². The molecule has 3 amide bonds. The van der Waals surface area contributed by atoms with Gasteiger partial charge < -0.3 is 25.1 Å². The quantitative estimate of drug-likeness (QED) is 0.249. The van der Waals surface area contributed by atoms with Gasteiger partial charge in [0.2, 0.25) is 33.6 Å². The fourth-order valence-electron chi connectivity index (χ4n) is 7.63. The first-order valence-electron chi connectivity index (χ1n) is 18.1. The van der Waals surface area contributed by atoms with Crippen molar-refractivity contribution in [1.29, 1.82) is 0 Å². The number of nitrogens with zero attached hydrogens (tertiary/aromatic N) is 3. The van der Waals surface area contributed by atoms with E-state index in [1.807, 2.05) is 41.1 Å². The minimum atomic E-state index is -4.05. The summed E-state index contributed by atoms with van der Waals surface area (Å²) in [5.74, 6) is -6.03. The summed E-state index contributed by atoms with van der Waals surface area (Å²) < 4.78 is 70.5. The third-order valence-electron chi connectivity index (χ3n) is 10.8. The van der Waals surface area contributed by atoms with E-state index in [0.29, 0.717) is 53.8 Å². The lowest BCUT2D eigenvalue weighted by molar-refractivity contribution is -0.140. The summed E-state index contributed by atoms with van der Waals surface area (Å²) in [4.78, 5) is 52.6. The van der Waals surface area contributed by atoms with Crippen molar-refractivity contribution in [3.63, 3.8) is 0 Å². The van der Waals surface area contributed by atoms with Gasteiger partial charge in [-0.05, 0) is 62.3 Å². The lowest BCUT2D eigenvalue weighted by Gasteiger charge is -2.28. The molecule has 17 heteroatoms. The molecule has 288 valence electrons. The predicted octanol–water partition coefficient (Wildman–Crippen LogP) is 4.61. The highest BCUT2D eigenvalue weighted by atomic mass is 35.5. The van der Waals surface area contributed by atoms with Crippen LogP contribution in [0.25, 0.3) is 33.5 Å². The number of nitrogens with two attached hydrogens (primary N) is 1. The third-order valence-corrected chi connectivity index (χ3v) is 12.6. The molecule has 2 aliphatic carbocycles. The molecule has 13 nitrogen and oxygen atoms in total. The Balaban J connectivity index is 0.00000450. The average molecular weight is 787 g/mol. The maximum Gasteiger partial charge on any atom is 0.259 e. The van der Waals surface area contributed by atoms with Gasteiger partial charge in [-0.25, -0.2) is 27.2 Å². The van der Waals surface area contributed by atoms with Gasteiger partial charge in [0.1, 0.15) is 23.3 Å².